The van der Waals surface area contributed by atoms with Crippen molar-refractivity contribution in [1.82, 2.24) is 19.6 Å². The number of aromatic hydroxyl groups is 1. The van der Waals surface area contributed by atoms with Crippen LogP contribution >= 0.6 is 22.9 Å². The van der Waals surface area contributed by atoms with E-state index in [0.29, 0.717) is 25.0 Å². The van der Waals surface area contributed by atoms with Crippen molar-refractivity contribution < 1.29 is 23.1 Å². The summed E-state index contributed by atoms with van der Waals surface area (Å²) in [6.07, 6.45) is -4.52. The third-order valence-electron chi connectivity index (χ3n) is 7.50. The van der Waals surface area contributed by atoms with Crippen molar-refractivity contribution in [3.63, 3.8) is 0 Å². The van der Waals surface area contributed by atoms with Gasteiger partial charge in [-0.2, -0.15) is 23.4 Å². The summed E-state index contributed by atoms with van der Waals surface area (Å²) < 4.78 is 43.5. The molecule has 3 aromatic heterocycles. The molecule has 7 nitrogen and oxygen atoms in total. The number of phenols is 1. The SMILES string of the molecule is O=C(c1cc2nc(-c3ccc(Cl)s3)cc(C(F)(F)F)n2n1)N1N=C(c2ccc(-c3ccccc3)cc2)CC1c1ccccc1O. The van der Waals surface area contributed by atoms with E-state index in [-0.39, 0.29) is 29.2 Å². The highest BCUT2D eigenvalue weighted by atomic mass is 35.5. The molecule has 3 aromatic carbocycles. The van der Waals surface area contributed by atoms with E-state index >= 15 is 0 Å². The molecule has 45 heavy (non-hydrogen) atoms. The molecule has 4 heterocycles. The van der Waals surface area contributed by atoms with Crippen LogP contribution < -0.4 is 0 Å². The van der Waals surface area contributed by atoms with Gasteiger partial charge in [-0.05, 0) is 41.0 Å². The summed E-state index contributed by atoms with van der Waals surface area (Å²) in [5.74, 6) is -0.773. The lowest BCUT2D eigenvalue weighted by Gasteiger charge is -2.21. The van der Waals surface area contributed by atoms with Gasteiger partial charge in [-0.25, -0.2) is 14.5 Å². The van der Waals surface area contributed by atoms with Crippen LogP contribution in [-0.2, 0) is 6.18 Å². The molecule has 0 aliphatic carbocycles. The Morgan fingerprint density at radius 3 is 2.27 bits per heavy atom. The van der Waals surface area contributed by atoms with Crippen LogP contribution in [0.15, 0.2) is 108 Å². The van der Waals surface area contributed by atoms with Crippen molar-refractivity contribution in [2.45, 2.75) is 18.6 Å². The topological polar surface area (TPSA) is 83.1 Å². The van der Waals surface area contributed by atoms with Gasteiger partial charge in [-0.1, -0.05) is 84.4 Å². The summed E-state index contributed by atoms with van der Waals surface area (Å²) in [5, 5.41) is 20.5. The molecule has 1 atom stereocenters. The van der Waals surface area contributed by atoms with Crippen molar-refractivity contribution in [2.75, 3.05) is 0 Å². The predicted octanol–water partition coefficient (Wildman–Crippen LogP) is 8.49. The van der Waals surface area contributed by atoms with E-state index in [4.69, 9.17) is 11.6 Å². The minimum absolute atomic E-state index is 0.0357. The number of hydrazone groups is 1. The highest BCUT2D eigenvalue weighted by Gasteiger charge is 2.38. The molecule has 7 rings (SSSR count). The second kappa shape index (κ2) is 11.2. The molecule has 0 bridgehead atoms. The molecule has 6 aromatic rings. The Bertz CT molecular complexity index is 2090. The molecule has 0 radical (unpaired) electrons. The highest BCUT2D eigenvalue weighted by Crippen LogP contribution is 2.39. The first-order chi connectivity index (χ1) is 21.7. The van der Waals surface area contributed by atoms with Gasteiger partial charge >= 0.3 is 6.18 Å². The summed E-state index contributed by atoms with van der Waals surface area (Å²) >= 11 is 7.10. The van der Waals surface area contributed by atoms with Gasteiger partial charge in [0.1, 0.15) is 5.75 Å². The molecule has 1 N–H and O–H groups in total. The van der Waals surface area contributed by atoms with Gasteiger partial charge in [0.15, 0.2) is 17.0 Å². The number of carbonyl (C=O) groups is 1. The van der Waals surface area contributed by atoms with E-state index in [1.54, 1.807) is 30.3 Å². The van der Waals surface area contributed by atoms with Crippen LogP contribution in [0.25, 0.3) is 27.3 Å². The number of alkyl halides is 3. The Hall–Kier alpha value is -5.00. The summed E-state index contributed by atoms with van der Waals surface area (Å²) in [5.41, 5.74) is 2.36. The smallest absolute Gasteiger partial charge is 0.433 e. The number of fused-ring (bicyclic) bond motifs is 1. The molecular weight excluding hydrogens is 623 g/mol. The quantitative estimate of drug-likeness (QED) is 0.204. The van der Waals surface area contributed by atoms with Crippen LogP contribution in [0.4, 0.5) is 13.2 Å². The van der Waals surface area contributed by atoms with E-state index in [2.05, 4.69) is 15.2 Å². The minimum atomic E-state index is -4.79. The fourth-order valence-electron chi connectivity index (χ4n) is 5.35. The number of thiophene rings is 1. The molecule has 224 valence electrons. The number of hydrogen-bond donors (Lipinski definition) is 1. The van der Waals surface area contributed by atoms with Crippen molar-refractivity contribution >= 4 is 40.2 Å². The Balaban J connectivity index is 1.29. The maximum absolute atomic E-state index is 14.2. The third kappa shape index (κ3) is 5.45. The van der Waals surface area contributed by atoms with E-state index in [9.17, 15) is 23.1 Å². The van der Waals surface area contributed by atoms with Crippen LogP contribution in [0.3, 0.4) is 0 Å². The number of aromatic nitrogens is 3. The summed E-state index contributed by atoms with van der Waals surface area (Å²) in [7, 11) is 0. The molecule has 1 amide bonds. The van der Waals surface area contributed by atoms with Gasteiger partial charge in [0.2, 0.25) is 0 Å². The van der Waals surface area contributed by atoms with E-state index in [1.807, 2.05) is 54.6 Å². The number of amides is 1. The molecule has 0 saturated carbocycles. The largest absolute Gasteiger partial charge is 0.508 e. The molecule has 0 spiro atoms. The molecule has 0 fully saturated rings. The van der Waals surface area contributed by atoms with Crippen molar-refractivity contribution in [1.29, 1.82) is 0 Å². The fourth-order valence-corrected chi connectivity index (χ4v) is 6.35. The third-order valence-corrected chi connectivity index (χ3v) is 8.76. The second-order valence-corrected chi connectivity index (χ2v) is 12.1. The average molecular weight is 644 g/mol. The number of benzene rings is 3. The molecule has 1 aliphatic heterocycles. The van der Waals surface area contributed by atoms with E-state index in [0.717, 1.165) is 34.1 Å². The Kier molecular flexibility index (Phi) is 7.14. The minimum Gasteiger partial charge on any atom is -0.508 e. The van der Waals surface area contributed by atoms with Crippen molar-refractivity contribution in [2.24, 2.45) is 5.10 Å². The molecular formula is C33H21ClF3N5O2S. The Morgan fingerprint density at radius 1 is 0.889 bits per heavy atom. The zero-order valence-corrected chi connectivity index (χ0v) is 24.7. The van der Waals surface area contributed by atoms with Crippen LogP contribution in [0, 0.1) is 0 Å². The lowest BCUT2D eigenvalue weighted by atomic mass is 9.96. The Labute approximate surface area is 263 Å². The first-order valence-corrected chi connectivity index (χ1v) is 14.9. The number of hydrogen-bond acceptors (Lipinski definition) is 6. The van der Waals surface area contributed by atoms with Crippen LogP contribution in [0.1, 0.15) is 39.8 Å². The maximum Gasteiger partial charge on any atom is 0.433 e. The lowest BCUT2D eigenvalue weighted by Crippen LogP contribution is -2.27. The lowest BCUT2D eigenvalue weighted by molar-refractivity contribution is -0.142. The predicted molar refractivity (Wildman–Crippen MR) is 166 cm³/mol. The van der Waals surface area contributed by atoms with Crippen LogP contribution in [0.5, 0.6) is 5.75 Å². The van der Waals surface area contributed by atoms with E-state index < -0.39 is 23.8 Å². The second-order valence-electron chi connectivity index (χ2n) is 10.3. The fraction of sp³-hybridized carbons (Fsp3) is 0.0909. The van der Waals surface area contributed by atoms with Gasteiger partial charge in [0.25, 0.3) is 5.91 Å². The number of phenolic OH excluding ortho intramolecular Hbond substituents is 1. The molecule has 1 aliphatic rings. The van der Waals surface area contributed by atoms with Gasteiger partial charge in [-0.3, -0.25) is 4.79 Å². The Morgan fingerprint density at radius 2 is 1.58 bits per heavy atom. The zero-order chi connectivity index (χ0) is 31.3. The van der Waals surface area contributed by atoms with Gasteiger partial charge in [0.05, 0.1) is 26.7 Å². The van der Waals surface area contributed by atoms with Crippen molar-refractivity contribution in [3.05, 3.63) is 130 Å². The normalized spacial score (nSPS) is 15.1. The number of nitrogens with zero attached hydrogens (tertiary/aromatic N) is 5. The first kappa shape index (κ1) is 28.8. The standard InChI is InChI=1S/C33H21ClF3N5O2S/c34-30-15-14-28(45-30)24-17-29(33(35,36)37)42-31(38-24)18-25(40-42)32(44)41-26(22-8-4-5-9-27(22)43)16-23(39-41)21-12-10-20(11-13-21)19-6-2-1-3-7-19/h1-15,17-18,26,43H,16H2. The molecule has 12 heteroatoms. The highest BCUT2D eigenvalue weighted by molar-refractivity contribution is 7.19. The number of carbonyl (C=O) groups excluding carboxylic acids is 1. The van der Waals surface area contributed by atoms with Gasteiger partial charge in [0, 0.05) is 18.1 Å². The van der Waals surface area contributed by atoms with Gasteiger partial charge in [-0.15, -0.1) is 11.3 Å². The van der Waals surface area contributed by atoms with Gasteiger partial charge < -0.3 is 5.11 Å². The molecule has 1 unspecified atom stereocenters. The average Bonchev–Trinajstić information content (AvgIpc) is 3.79. The number of rotatable bonds is 5. The summed E-state index contributed by atoms with van der Waals surface area (Å²) in [6, 6.07) is 28.7. The number of halogens is 4. The molecule has 0 saturated heterocycles. The zero-order valence-electron chi connectivity index (χ0n) is 23.1. The summed E-state index contributed by atoms with van der Waals surface area (Å²) in [4.78, 5) is 18.8. The van der Waals surface area contributed by atoms with Crippen LogP contribution in [0.2, 0.25) is 4.34 Å². The van der Waals surface area contributed by atoms with Crippen molar-refractivity contribution in [3.8, 4) is 27.4 Å². The van der Waals surface area contributed by atoms with E-state index in [1.165, 1.54) is 17.1 Å². The maximum atomic E-state index is 14.2. The monoisotopic (exact) mass is 643 g/mol. The number of para-hydroxylation sites is 1. The summed E-state index contributed by atoms with van der Waals surface area (Å²) in [6.45, 7) is 0. The first-order valence-electron chi connectivity index (χ1n) is 13.7. The van der Waals surface area contributed by atoms with Crippen LogP contribution in [-0.4, -0.2) is 36.3 Å².